The standard InChI is InChI=1S/C16H24N4O3/c1-18-9-13(17-12-18)15(22)19-6-4-16(5-7-19)10-20(11-16)14(21)3-8-23-2/h9,12H,3-8,10-11H2,1-2H3. The third-order valence-electron chi connectivity index (χ3n) is 4.96. The van der Waals surface area contributed by atoms with Gasteiger partial charge in [0, 0.05) is 51.9 Å². The fraction of sp³-hybridized carbons (Fsp3) is 0.688. The van der Waals surface area contributed by atoms with Gasteiger partial charge in [0.1, 0.15) is 5.69 Å². The molecule has 0 aliphatic carbocycles. The Hall–Kier alpha value is -1.89. The Morgan fingerprint density at radius 2 is 1.96 bits per heavy atom. The number of ether oxygens (including phenoxy) is 1. The minimum Gasteiger partial charge on any atom is -0.384 e. The largest absolute Gasteiger partial charge is 0.384 e. The molecule has 0 radical (unpaired) electrons. The summed E-state index contributed by atoms with van der Waals surface area (Å²) in [6.07, 6.45) is 5.77. The molecule has 0 aromatic carbocycles. The van der Waals surface area contributed by atoms with Crippen LogP contribution in [0.1, 0.15) is 29.8 Å². The first-order chi connectivity index (χ1) is 11.0. The zero-order chi connectivity index (χ0) is 16.4. The number of amides is 2. The van der Waals surface area contributed by atoms with Gasteiger partial charge in [-0.1, -0.05) is 0 Å². The van der Waals surface area contributed by atoms with E-state index >= 15 is 0 Å². The maximum absolute atomic E-state index is 12.4. The quantitative estimate of drug-likeness (QED) is 0.811. The van der Waals surface area contributed by atoms with E-state index in [2.05, 4.69) is 4.98 Å². The van der Waals surface area contributed by atoms with Gasteiger partial charge in [0.2, 0.25) is 5.91 Å². The third kappa shape index (κ3) is 3.24. The van der Waals surface area contributed by atoms with E-state index in [0.717, 1.165) is 39.0 Å². The molecule has 126 valence electrons. The van der Waals surface area contributed by atoms with E-state index in [1.54, 1.807) is 24.2 Å². The van der Waals surface area contributed by atoms with E-state index in [0.29, 0.717) is 18.7 Å². The van der Waals surface area contributed by atoms with E-state index in [4.69, 9.17) is 4.74 Å². The van der Waals surface area contributed by atoms with Crippen molar-refractivity contribution in [3.8, 4) is 0 Å². The molecule has 1 aromatic heterocycles. The van der Waals surface area contributed by atoms with Crippen molar-refractivity contribution < 1.29 is 14.3 Å². The van der Waals surface area contributed by atoms with Gasteiger partial charge in [-0.25, -0.2) is 4.98 Å². The SMILES string of the molecule is COCCC(=O)N1CC2(CCN(C(=O)c3cn(C)cn3)CC2)C1. The Morgan fingerprint density at radius 3 is 2.52 bits per heavy atom. The lowest BCUT2D eigenvalue weighted by Gasteiger charge is -2.54. The molecule has 0 N–H and O–H groups in total. The number of piperidine rings is 1. The predicted molar refractivity (Wildman–Crippen MR) is 83.9 cm³/mol. The number of aryl methyl sites for hydroxylation is 1. The fourth-order valence-electron chi connectivity index (χ4n) is 3.47. The number of carbonyl (C=O) groups is 2. The monoisotopic (exact) mass is 320 g/mol. The molecule has 2 aliphatic heterocycles. The van der Waals surface area contributed by atoms with Crippen LogP contribution >= 0.6 is 0 Å². The van der Waals surface area contributed by atoms with Crippen molar-refractivity contribution in [2.45, 2.75) is 19.3 Å². The van der Waals surface area contributed by atoms with Gasteiger partial charge < -0.3 is 19.1 Å². The van der Waals surface area contributed by atoms with Crippen molar-refractivity contribution in [1.82, 2.24) is 19.4 Å². The molecule has 0 unspecified atom stereocenters. The molecule has 7 heteroatoms. The minimum absolute atomic E-state index is 0.00722. The van der Waals surface area contributed by atoms with E-state index in [9.17, 15) is 9.59 Å². The number of methoxy groups -OCH3 is 1. The molecular weight excluding hydrogens is 296 g/mol. The van der Waals surface area contributed by atoms with E-state index < -0.39 is 0 Å². The lowest BCUT2D eigenvalue weighted by molar-refractivity contribution is -0.147. The Balaban J connectivity index is 1.48. The van der Waals surface area contributed by atoms with Crippen LogP contribution in [0.3, 0.4) is 0 Å². The summed E-state index contributed by atoms with van der Waals surface area (Å²) in [4.78, 5) is 32.3. The molecule has 7 nitrogen and oxygen atoms in total. The Labute approximate surface area is 136 Å². The van der Waals surface area contributed by atoms with Crippen molar-refractivity contribution in [3.63, 3.8) is 0 Å². The number of carbonyl (C=O) groups excluding carboxylic acids is 2. The highest BCUT2D eigenvalue weighted by Gasteiger charge is 2.47. The van der Waals surface area contributed by atoms with E-state index in [-0.39, 0.29) is 17.2 Å². The molecule has 2 fully saturated rings. The number of hydrogen-bond donors (Lipinski definition) is 0. The van der Waals surface area contributed by atoms with Crippen LogP contribution in [0.4, 0.5) is 0 Å². The number of rotatable bonds is 4. The van der Waals surface area contributed by atoms with E-state index in [1.165, 1.54) is 0 Å². The van der Waals surface area contributed by atoms with Crippen LogP contribution in [-0.4, -0.2) is 71.1 Å². The summed E-state index contributed by atoms with van der Waals surface area (Å²) in [7, 11) is 3.47. The summed E-state index contributed by atoms with van der Waals surface area (Å²) >= 11 is 0. The van der Waals surface area contributed by atoms with Gasteiger partial charge in [0.25, 0.3) is 5.91 Å². The highest BCUT2D eigenvalue weighted by molar-refractivity contribution is 5.92. The molecule has 3 rings (SSSR count). The van der Waals surface area contributed by atoms with Gasteiger partial charge in [-0.15, -0.1) is 0 Å². The second-order valence-electron chi connectivity index (χ2n) is 6.71. The second-order valence-corrected chi connectivity index (χ2v) is 6.71. The summed E-state index contributed by atoms with van der Waals surface area (Å²) in [6, 6.07) is 0. The third-order valence-corrected chi connectivity index (χ3v) is 4.96. The van der Waals surface area contributed by atoms with Crippen LogP contribution in [0.2, 0.25) is 0 Å². The predicted octanol–water partition coefficient (Wildman–Crippen LogP) is 0.521. The highest BCUT2D eigenvalue weighted by Crippen LogP contribution is 2.40. The molecule has 2 saturated heterocycles. The molecule has 1 spiro atoms. The average Bonchev–Trinajstić information content (AvgIpc) is 2.96. The molecule has 0 saturated carbocycles. The van der Waals surface area contributed by atoms with Crippen LogP contribution in [0.25, 0.3) is 0 Å². The number of imidazole rings is 1. The fourth-order valence-corrected chi connectivity index (χ4v) is 3.47. The van der Waals surface area contributed by atoms with Crippen LogP contribution in [0, 0.1) is 5.41 Å². The maximum atomic E-state index is 12.4. The van der Waals surface area contributed by atoms with Crippen LogP contribution in [0.15, 0.2) is 12.5 Å². The lowest BCUT2D eigenvalue weighted by atomic mass is 9.72. The first-order valence-electron chi connectivity index (χ1n) is 8.07. The molecule has 0 bridgehead atoms. The van der Waals surface area contributed by atoms with Crippen molar-refractivity contribution >= 4 is 11.8 Å². The highest BCUT2D eigenvalue weighted by atomic mass is 16.5. The Bertz CT molecular complexity index is 582. The smallest absolute Gasteiger partial charge is 0.274 e. The summed E-state index contributed by atoms with van der Waals surface area (Å²) < 4.78 is 6.74. The molecule has 2 amide bonds. The molecular formula is C16H24N4O3. The van der Waals surface area contributed by atoms with Crippen molar-refractivity contribution in [2.75, 3.05) is 39.9 Å². The average molecular weight is 320 g/mol. The zero-order valence-corrected chi connectivity index (χ0v) is 13.8. The summed E-state index contributed by atoms with van der Waals surface area (Å²) in [5.41, 5.74) is 0.720. The van der Waals surface area contributed by atoms with Gasteiger partial charge in [-0.05, 0) is 12.8 Å². The van der Waals surface area contributed by atoms with Crippen LogP contribution < -0.4 is 0 Å². The topological polar surface area (TPSA) is 67.7 Å². The van der Waals surface area contributed by atoms with Gasteiger partial charge >= 0.3 is 0 Å². The number of nitrogens with zero attached hydrogens (tertiary/aromatic N) is 4. The Morgan fingerprint density at radius 1 is 1.26 bits per heavy atom. The van der Waals surface area contributed by atoms with Gasteiger partial charge in [-0.2, -0.15) is 0 Å². The van der Waals surface area contributed by atoms with Crippen molar-refractivity contribution in [3.05, 3.63) is 18.2 Å². The second kappa shape index (κ2) is 6.31. The summed E-state index contributed by atoms with van der Waals surface area (Å²) in [6.45, 7) is 3.61. The van der Waals surface area contributed by atoms with Crippen molar-refractivity contribution in [2.24, 2.45) is 12.5 Å². The van der Waals surface area contributed by atoms with Gasteiger partial charge in [0.05, 0.1) is 19.4 Å². The number of hydrogen-bond acceptors (Lipinski definition) is 4. The van der Waals surface area contributed by atoms with Gasteiger partial charge in [-0.3, -0.25) is 9.59 Å². The summed E-state index contributed by atoms with van der Waals surface area (Å²) in [5.74, 6) is 0.178. The lowest BCUT2D eigenvalue weighted by Crippen LogP contribution is -2.62. The maximum Gasteiger partial charge on any atom is 0.274 e. The van der Waals surface area contributed by atoms with Gasteiger partial charge in [0.15, 0.2) is 0 Å². The van der Waals surface area contributed by atoms with Crippen molar-refractivity contribution in [1.29, 1.82) is 0 Å². The number of aromatic nitrogens is 2. The molecule has 1 aromatic rings. The molecule has 3 heterocycles. The summed E-state index contributed by atoms with van der Waals surface area (Å²) in [5, 5.41) is 0. The molecule has 2 aliphatic rings. The van der Waals surface area contributed by atoms with Crippen LogP contribution in [-0.2, 0) is 16.6 Å². The number of likely N-dealkylation sites (tertiary alicyclic amines) is 2. The Kier molecular flexibility index (Phi) is 4.39. The van der Waals surface area contributed by atoms with E-state index in [1.807, 2.05) is 16.8 Å². The molecule has 23 heavy (non-hydrogen) atoms. The van der Waals surface area contributed by atoms with Crippen LogP contribution in [0.5, 0.6) is 0 Å². The zero-order valence-electron chi connectivity index (χ0n) is 13.8. The first kappa shape index (κ1) is 16.0. The molecule has 0 atom stereocenters. The minimum atomic E-state index is 0.00722. The normalized spacial score (nSPS) is 19.7. The first-order valence-corrected chi connectivity index (χ1v) is 8.07.